The summed E-state index contributed by atoms with van der Waals surface area (Å²) in [6, 6.07) is -3.24. The average molecular weight is 1750 g/mol. The van der Waals surface area contributed by atoms with Gasteiger partial charge in [-0.3, -0.25) is 55.1 Å². The van der Waals surface area contributed by atoms with Crippen molar-refractivity contribution in [1.82, 2.24) is 16.0 Å². The number of carbonyl (C=O) groups is 3. The van der Waals surface area contributed by atoms with E-state index in [1.165, 1.54) is 27.7 Å². The Hall–Kier alpha value is -1.76. The molecule has 0 radical (unpaired) electrons. The Kier molecular flexibility index (Phi) is 52.3. The summed E-state index contributed by atoms with van der Waals surface area (Å²) < 4.78 is 169. The molecule has 0 aliphatic carbocycles. The van der Waals surface area contributed by atoms with Gasteiger partial charge in [-0.15, -0.1) is 0 Å². The van der Waals surface area contributed by atoms with Crippen molar-refractivity contribution in [2.24, 2.45) is 5.41 Å². The zero-order chi connectivity index (χ0) is 84.3. The van der Waals surface area contributed by atoms with Crippen molar-refractivity contribution >= 4 is 56.6 Å². The molecule has 17 N–H and O–H groups in total. The summed E-state index contributed by atoms with van der Waals surface area (Å²) >= 11 is 0. The zero-order valence-electron chi connectivity index (χ0n) is 65.0. The Balaban J connectivity index is 1.65. The molecular formula is C64H126N3O41P5. The van der Waals surface area contributed by atoms with Gasteiger partial charge in [0.25, 0.3) is 0 Å². The first-order valence-corrected chi connectivity index (χ1v) is 45.6. The number of aliphatic hydroxyl groups is 9. The predicted octanol–water partition coefficient (Wildman–Crippen LogP) is 0.305. The molecule has 0 aromatic heterocycles. The van der Waals surface area contributed by atoms with E-state index in [-0.39, 0.29) is 105 Å². The number of hydrogen-bond donors (Lipinski definition) is 17. The van der Waals surface area contributed by atoms with Crippen LogP contribution in [0.3, 0.4) is 0 Å². The van der Waals surface area contributed by atoms with E-state index in [9.17, 15) is 108 Å². The lowest BCUT2D eigenvalue weighted by atomic mass is 9.92. The number of amides is 3. The summed E-state index contributed by atoms with van der Waals surface area (Å²) in [5.74, 6) is -1.51. The van der Waals surface area contributed by atoms with E-state index in [0.29, 0.717) is 77.0 Å². The minimum atomic E-state index is -5.10. The summed E-state index contributed by atoms with van der Waals surface area (Å²) in [6.45, 7) is 0.532. The van der Waals surface area contributed by atoms with Gasteiger partial charge in [0.1, 0.15) is 67.0 Å². The van der Waals surface area contributed by atoms with Crippen LogP contribution in [-0.2, 0) is 125 Å². The molecule has 113 heavy (non-hydrogen) atoms. The summed E-state index contributed by atoms with van der Waals surface area (Å²) in [5.41, 5.74) is -1.59. The molecule has 49 heteroatoms. The van der Waals surface area contributed by atoms with Crippen molar-refractivity contribution in [1.29, 1.82) is 0 Å². The van der Waals surface area contributed by atoms with E-state index in [0.717, 1.165) is 6.66 Å². The van der Waals surface area contributed by atoms with Crippen LogP contribution < -0.4 is 16.0 Å². The largest absolute Gasteiger partial charge is 0.472 e. The van der Waals surface area contributed by atoms with Crippen molar-refractivity contribution in [2.75, 3.05) is 145 Å². The predicted molar refractivity (Wildman–Crippen MR) is 391 cm³/mol. The molecular weight excluding hydrogens is 1620 g/mol. The third-order valence-electron chi connectivity index (χ3n) is 17.1. The summed E-state index contributed by atoms with van der Waals surface area (Å²) in [6.07, 6.45) is -11.3. The van der Waals surface area contributed by atoms with E-state index in [1.807, 2.05) is 0 Å². The number of phosphoric ester groups is 4. The number of aliphatic hydroxyl groups excluding tert-OH is 9. The molecule has 3 saturated heterocycles. The Morgan fingerprint density at radius 1 is 0.469 bits per heavy atom. The fourth-order valence-electron chi connectivity index (χ4n) is 11.3. The van der Waals surface area contributed by atoms with E-state index in [2.05, 4.69) is 16.0 Å². The molecule has 0 spiro atoms. The Labute approximate surface area is 658 Å². The maximum absolute atomic E-state index is 13.7. The molecule has 3 amide bonds. The summed E-state index contributed by atoms with van der Waals surface area (Å²) in [5, 5.41) is 97.6. The van der Waals surface area contributed by atoms with Crippen LogP contribution in [0.5, 0.6) is 0 Å². The summed E-state index contributed by atoms with van der Waals surface area (Å²) in [7, 11) is -23.0. The van der Waals surface area contributed by atoms with Gasteiger partial charge >= 0.3 is 38.9 Å². The van der Waals surface area contributed by atoms with E-state index in [1.54, 1.807) is 6.92 Å². The molecule has 3 heterocycles. The van der Waals surface area contributed by atoms with Crippen LogP contribution >= 0.6 is 38.9 Å². The fraction of sp³-hybridized carbons (Fsp3) is 0.953. The van der Waals surface area contributed by atoms with Crippen molar-refractivity contribution in [3.63, 3.8) is 0 Å². The minimum Gasteiger partial charge on any atom is -0.394 e. The molecule has 11 unspecified atom stereocenters. The molecule has 668 valence electrons. The van der Waals surface area contributed by atoms with Crippen molar-refractivity contribution in [3.05, 3.63) is 0 Å². The number of ether oxygens (including phenoxy) is 10. The highest BCUT2D eigenvalue weighted by molar-refractivity contribution is 7.52. The molecule has 44 nitrogen and oxygen atoms in total. The van der Waals surface area contributed by atoms with Crippen LogP contribution in [0.2, 0.25) is 0 Å². The normalized spacial score (nSPS) is 27.2. The lowest BCUT2D eigenvalue weighted by Gasteiger charge is -2.42. The quantitative estimate of drug-likeness (QED) is 0.0221. The van der Waals surface area contributed by atoms with Crippen molar-refractivity contribution < 1.29 is 196 Å². The Morgan fingerprint density at radius 3 is 1.20 bits per heavy atom. The van der Waals surface area contributed by atoms with Gasteiger partial charge in [0, 0.05) is 73.5 Å². The topological polar surface area (TPSA) is 631 Å². The second kappa shape index (κ2) is 56.0. The molecule has 3 fully saturated rings. The van der Waals surface area contributed by atoms with Gasteiger partial charge in [-0.25, -0.2) is 18.3 Å². The molecule has 0 aromatic rings. The summed E-state index contributed by atoms with van der Waals surface area (Å²) in [4.78, 5) is 87.7. The van der Waals surface area contributed by atoms with Gasteiger partial charge in [-0.1, -0.05) is 38.5 Å². The highest BCUT2D eigenvalue weighted by Gasteiger charge is 2.48. The number of unbranched alkanes of at least 4 members (excludes halogenated alkanes) is 9. The minimum absolute atomic E-state index is 0.0429. The van der Waals surface area contributed by atoms with E-state index >= 15 is 0 Å². The maximum Gasteiger partial charge on any atom is 0.472 e. The highest BCUT2D eigenvalue weighted by atomic mass is 31.2. The van der Waals surface area contributed by atoms with Crippen LogP contribution in [0.15, 0.2) is 0 Å². The molecule has 0 saturated carbocycles. The maximum atomic E-state index is 13.7. The van der Waals surface area contributed by atoms with Gasteiger partial charge in [0.05, 0.1) is 123 Å². The Bertz CT molecular complexity index is 2770. The van der Waals surface area contributed by atoms with Gasteiger partial charge in [-0.05, 0) is 71.6 Å². The van der Waals surface area contributed by atoms with Gasteiger partial charge in [0.15, 0.2) is 18.9 Å². The second-order valence-electron chi connectivity index (χ2n) is 27.5. The molecule has 0 bridgehead atoms. The SMILES string of the molecule is CC(=O)N[C@@H](CO)[C@H](OCCCCCCOP(=O)(O)OCCCOCC(COCCCOP(=O)(O)OCCCCCCO[C@@H]1OC(CO)[C@H](O)C(O)[C@@H]1NC(C)=O)(COCCCOP(=O)(O)OCCCCCCO[C@@H]1OC(CO)[C@H](O)C(O)[C@@H]1NC(C)=O)COP(=O)(O)OC[C@H]1O[C@@H](C)CC1OP(C)(=O)O)OC(CO)[C@@H](C)O. The second-order valence-corrected chi connectivity index (χ2v) is 35.1. The van der Waals surface area contributed by atoms with Crippen LogP contribution in [-0.4, -0.2) is 338 Å². The number of phosphoric acid groups is 4. The smallest absolute Gasteiger partial charge is 0.394 e. The number of hydrogen-bond acceptors (Lipinski definition) is 36. The number of nitrogens with one attached hydrogen (secondary N) is 3. The lowest BCUT2D eigenvalue weighted by Crippen LogP contribution is -2.64. The molecule has 22 atom stereocenters. The Morgan fingerprint density at radius 2 is 0.850 bits per heavy atom. The molecule has 3 aliphatic rings. The third-order valence-corrected chi connectivity index (χ3v) is 21.8. The first kappa shape index (κ1) is 105. The van der Waals surface area contributed by atoms with Crippen LogP contribution in [0, 0.1) is 5.41 Å². The van der Waals surface area contributed by atoms with Gasteiger partial charge < -0.3 is 138 Å². The van der Waals surface area contributed by atoms with E-state index in [4.69, 9.17) is 88.1 Å². The first-order chi connectivity index (χ1) is 53.3. The average Bonchev–Trinajstić information content (AvgIpc) is 1.38. The molecule has 3 rings (SSSR count). The third kappa shape index (κ3) is 45.1. The van der Waals surface area contributed by atoms with Gasteiger partial charge in [0.2, 0.25) is 17.7 Å². The van der Waals surface area contributed by atoms with Crippen molar-refractivity contribution in [3.8, 4) is 0 Å². The van der Waals surface area contributed by atoms with Crippen LogP contribution in [0.25, 0.3) is 0 Å². The van der Waals surface area contributed by atoms with Crippen molar-refractivity contribution in [2.45, 2.75) is 241 Å². The highest BCUT2D eigenvalue weighted by Crippen LogP contribution is 2.49. The van der Waals surface area contributed by atoms with Crippen LogP contribution in [0.4, 0.5) is 0 Å². The standard InChI is InChI=1S/C64H126N3O41P5/c1-44-34-50(108-109(6,80)81)54(104-44)39-102-113(88,89)103-43-64(40-90-22-19-31-99-110(82,83)96-28-16-10-7-13-25-93-61(49(35-68)65-46(3)73)105-51(36-69)45(2)72,41-91-23-20-32-100-111(84,85)97-29-17-11-8-14-26-94-62-55(66-47(4)74)59(78)57(76)52(37-70)106-62)42-92-24-21-33-101-112(86,87)98-30-18-12-9-15-27-95-63-56(67-48(5)75)60(79)58(77)53(38-71)107-63/h44-45,49-63,68-72,76-79H,7-43H2,1-6H3,(H,65,73)(H,66,74)(H,67,75)(H,80,81)(H,82,83)(H,84,85)(H,86,87)(H,88,89)/t44-,45+,49-,50?,51?,52?,53?,54+,55-,56-,57-,58-,59?,60?,61+,62+,63+,64?/m0/s1. The van der Waals surface area contributed by atoms with Crippen LogP contribution in [0.1, 0.15) is 137 Å². The molecule has 3 aliphatic heterocycles. The zero-order valence-corrected chi connectivity index (χ0v) is 69.5. The fourth-order valence-corrected chi connectivity index (χ4v) is 15.3. The van der Waals surface area contributed by atoms with Gasteiger partial charge in [-0.2, -0.15) is 0 Å². The molecule has 0 aromatic carbocycles. The number of carbonyl (C=O) groups excluding carboxylic acids is 3. The lowest BCUT2D eigenvalue weighted by molar-refractivity contribution is -0.270. The monoisotopic (exact) mass is 1750 g/mol. The van der Waals surface area contributed by atoms with E-state index < -0.39 is 226 Å². The number of rotatable bonds is 67. The first-order valence-electron chi connectivity index (χ1n) is 37.6.